The molecule has 0 radical (unpaired) electrons. The molecule has 0 spiro atoms. The SMILES string of the molecule is CC(C)(C)C(=O)O[C@@H](COCc1ccccc1)[C@H](OCc1ccccc1)[C@H](C#N)OCc1ccccc1. The van der Waals surface area contributed by atoms with Crippen molar-refractivity contribution in [1.82, 2.24) is 0 Å². The summed E-state index contributed by atoms with van der Waals surface area (Å²) in [5.41, 5.74) is 2.10. The zero-order valence-electron chi connectivity index (χ0n) is 21.7. The van der Waals surface area contributed by atoms with Crippen LogP contribution in [-0.2, 0) is 43.6 Å². The molecule has 0 aliphatic heterocycles. The number of rotatable bonds is 13. The fraction of sp³-hybridized carbons (Fsp3) is 0.355. The molecule has 0 bridgehead atoms. The van der Waals surface area contributed by atoms with Crippen LogP contribution in [0.2, 0.25) is 0 Å². The van der Waals surface area contributed by atoms with E-state index in [-0.39, 0.29) is 19.8 Å². The highest BCUT2D eigenvalue weighted by molar-refractivity contribution is 5.75. The van der Waals surface area contributed by atoms with Crippen molar-refractivity contribution in [1.29, 1.82) is 5.26 Å². The zero-order valence-corrected chi connectivity index (χ0v) is 21.7. The Hall–Kier alpha value is -3.50. The summed E-state index contributed by atoms with van der Waals surface area (Å²) in [7, 11) is 0. The first-order valence-corrected chi connectivity index (χ1v) is 12.4. The van der Waals surface area contributed by atoms with Crippen LogP contribution in [0.5, 0.6) is 0 Å². The summed E-state index contributed by atoms with van der Waals surface area (Å²) in [4.78, 5) is 12.9. The first kappa shape index (κ1) is 28.1. The van der Waals surface area contributed by atoms with Gasteiger partial charge in [0.1, 0.15) is 6.10 Å². The molecule has 6 heteroatoms. The summed E-state index contributed by atoms with van der Waals surface area (Å²) in [6, 6.07) is 31.2. The van der Waals surface area contributed by atoms with Gasteiger partial charge in [0.05, 0.1) is 37.9 Å². The molecule has 0 aromatic heterocycles. The quantitative estimate of drug-likeness (QED) is 0.273. The van der Waals surface area contributed by atoms with Crippen LogP contribution in [0.25, 0.3) is 0 Å². The molecule has 0 saturated carbocycles. The molecule has 0 aliphatic rings. The van der Waals surface area contributed by atoms with E-state index in [1.165, 1.54) is 0 Å². The van der Waals surface area contributed by atoms with Crippen LogP contribution in [-0.4, -0.2) is 30.9 Å². The highest BCUT2D eigenvalue weighted by atomic mass is 16.6. The Morgan fingerprint density at radius 3 is 1.68 bits per heavy atom. The molecule has 0 saturated heterocycles. The third-order valence-electron chi connectivity index (χ3n) is 5.61. The Balaban J connectivity index is 1.82. The zero-order chi connectivity index (χ0) is 26.5. The number of carbonyl (C=O) groups is 1. The minimum absolute atomic E-state index is 0.0447. The number of hydrogen-bond donors (Lipinski definition) is 0. The number of nitriles is 1. The number of esters is 1. The third-order valence-corrected chi connectivity index (χ3v) is 5.61. The summed E-state index contributed by atoms with van der Waals surface area (Å²) in [5, 5.41) is 10.1. The van der Waals surface area contributed by atoms with E-state index in [4.69, 9.17) is 18.9 Å². The number of carbonyl (C=O) groups excluding carboxylic acids is 1. The molecule has 194 valence electrons. The van der Waals surface area contributed by atoms with Crippen LogP contribution in [0.1, 0.15) is 37.5 Å². The summed E-state index contributed by atoms with van der Waals surface area (Å²) in [6.07, 6.45) is -2.74. The van der Waals surface area contributed by atoms with Crippen LogP contribution in [0.15, 0.2) is 91.0 Å². The van der Waals surface area contributed by atoms with Crippen molar-refractivity contribution in [2.45, 2.75) is 58.9 Å². The molecule has 37 heavy (non-hydrogen) atoms. The van der Waals surface area contributed by atoms with Gasteiger partial charge in [-0.2, -0.15) is 5.26 Å². The lowest BCUT2D eigenvalue weighted by atomic mass is 9.97. The van der Waals surface area contributed by atoms with Gasteiger partial charge in [-0.3, -0.25) is 4.79 Å². The molecule has 0 amide bonds. The largest absolute Gasteiger partial charge is 0.457 e. The van der Waals surface area contributed by atoms with E-state index in [9.17, 15) is 10.1 Å². The van der Waals surface area contributed by atoms with Crippen molar-refractivity contribution in [2.75, 3.05) is 6.61 Å². The number of benzene rings is 3. The Bertz CT molecular complexity index is 1110. The molecule has 6 nitrogen and oxygen atoms in total. The van der Waals surface area contributed by atoms with Gasteiger partial charge in [-0.05, 0) is 37.5 Å². The number of hydrogen-bond acceptors (Lipinski definition) is 6. The normalized spacial score (nSPS) is 13.8. The fourth-order valence-electron chi connectivity index (χ4n) is 3.50. The molecule has 3 aromatic carbocycles. The fourth-order valence-corrected chi connectivity index (χ4v) is 3.50. The van der Waals surface area contributed by atoms with Crippen molar-refractivity contribution in [3.05, 3.63) is 108 Å². The van der Waals surface area contributed by atoms with E-state index < -0.39 is 29.7 Å². The molecule has 3 atom stereocenters. The van der Waals surface area contributed by atoms with Crippen LogP contribution in [0.3, 0.4) is 0 Å². The second-order valence-electron chi connectivity index (χ2n) is 9.80. The maximum Gasteiger partial charge on any atom is 0.311 e. The van der Waals surface area contributed by atoms with Gasteiger partial charge in [0, 0.05) is 0 Å². The maximum absolute atomic E-state index is 12.9. The van der Waals surface area contributed by atoms with Gasteiger partial charge >= 0.3 is 5.97 Å². The molecular formula is C31H35NO5. The maximum atomic E-state index is 12.9. The van der Waals surface area contributed by atoms with Crippen LogP contribution in [0.4, 0.5) is 0 Å². The lowest BCUT2D eigenvalue weighted by Gasteiger charge is -2.32. The summed E-state index contributed by atoms with van der Waals surface area (Å²) in [6.45, 7) is 6.16. The standard InChI is InChI=1S/C31H35NO5/c1-31(2,3)30(33)37-28(23-34-20-24-13-7-4-8-14-24)29(36-22-26-17-11-6-12-18-26)27(19-32)35-21-25-15-9-5-10-16-25/h4-18,27-29H,20-23H2,1-3H3/t27-,28-,29+/m0/s1. The van der Waals surface area contributed by atoms with Crippen LogP contribution < -0.4 is 0 Å². The minimum Gasteiger partial charge on any atom is -0.457 e. The van der Waals surface area contributed by atoms with Gasteiger partial charge in [0.25, 0.3) is 0 Å². The summed E-state index contributed by atoms with van der Waals surface area (Å²) in [5.74, 6) is -0.408. The second-order valence-corrected chi connectivity index (χ2v) is 9.80. The van der Waals surface area contributed by atoms with E-state index in [0.717, 1.165) is 16.7 Å². The average molecular weight is 502 g/mol. The summed E-state index contributed by atoms with van der Waals surface area (Å²) >= 11 is 0. The van der Waals surface area contributed by atoms with E-state index in [2.05, 4.69) is 6.07 Å². The molecular weight excluding hydrogens is 466 g/mol. The van der Waals surface area contributed by atoms with Crippen molar-refractivity contribution in [3.8, 4) is 6.07 Å². The highest BCUT2D eigenvalue weighted by Gasteiger charge is 2.37. The Morgan fingerprint density at radius 1 is 0.757 bits per heavy atom. The summed E-state index contributed by atoms with van der Waals surface area (Å²) < 4.78 is 24.1. The Morgan fingerprint density at radius 2 is 1.22 bits per heavy atom. The van der Waals surface area contributed by atoms with Crippen molar-refractivity contribution < 1.29 is 23.7 Å². The Labute approximate surface area is 219 Å². The topological polar surface area (TPSA) is 77.8 Å². The first-order chi connectivity index (χ1) is 17.9. The third kappa shape index (κ3) is 9.47. The van der Waals surface area contributed by atoms with E-state index >= 15 is 0 Å². The smallest absolute Gasteiger partial charge is 0.311 e. The number of ether oxygens (including phenoxy) is 4. The van der Waals surface area contributed by atoms with Crippen molar-refractivity contribution in [2.24, 2.45) is 5.41 Å². The second kappa shape index (κ2) is 14.3. The van der Waals surface area contributed by atoms with Crippen LogP contribution >= 0.6 is 0 Å². The molecule has 3 aromatic rings. The Kier molecular flexibility index (Phi) is 10.8. The van der Waals surface area contributed by atoms with Gasteiger partial charge < -0.3 is 18.9 Å². The van der Waals surface area contributed by atoms with Gasteiger partial charge in [-0.1, -0.05) is 91.0 Å². The van der Waals surface area contributed by atoms with Crippen molar-refractivity contribution >= 4 is 5.97 Å². The predicted octanol–water partition coefficient (Wildman–Crippen LogP) is 5.86. The molecule has 0 aliphatic carbocycles. The molecule has 0 fully saturated rings. The van der Waals surface area contributed by atoms with Gasteiger partial charge in [0.2, 0.25) is 0 Å². The predicted molar refractivity (Wildman–Crippen MR) is 141 cm³/mol. The minimum atomic E-state index is -0.998. The highest BCUT2D eigenvalue weighted by Crippen LogP contribution is 2.22. The lowest BCUT2D eigenvalue weighted by molar-refractivity contribution is -0.183. The lowest BCUT2D eigenvalue weighted by Crippen LogP contribution is -2.46. The monoisotopic (exact) mass is 501 g/mol. The van der Waals surface area contributed by atoms with E-state index in [1.807, 2.05) is 91.0 Å². The first-order valence-electron chi connectivity index (χ1n) is 12.4. The van der Waals surface area contributed by atoms with E-state index in [1.54, 1.807) is 20.8 Å². The van der Waals surface area contributed by atoms with Gasteiger partial charge in [0.15, 0.2) is 12.2 Å². The molecule has 0 heterocycles. The van der Waals surface area contributed by atoms with Gasteiger partial charge in [-0.25, -0.2) is 0 Å². The molecule has 0 unspecified atom stereocenters. The van der Waals surface area contributed by atoms with Crippen LogP contribution in [0, 0.1) is 16.7 Å². The van der Waals surface area contributed by atoms with Crippen molar-refractivity contribution in [3.63, 3.8) is 0 Å². The number of nitrogens with zero attached hydrogens (tertiary/aromatic N) is 1. The molecule has 0 N–H and O–H groups in total. The van der Waals surface area contributed by atoms with E-state index in [0.29, 0.717) is 6.61 Å². The molecule has 3 rings (SSSR count). The van der Waals surface area contributed by atoms with Gasteiger partial charge in [-0.15, -0.1) is 0 Å². The average Bonchev–Trinajstić information content (AvgIpc) is 2.91.